The quantitative estimate of drug-likeness (QED) is 0.632. The van der Waals surface area contributed by atoms with Crippen LogP contribution in [-0.2, 0) is 11.8 Å². The Morgan fingerprint density at radius 2 is 1.88 bits per heavy atom. The minimum atomic E-state index is -0.145. The van der Waals surface area contributed by atoms with Crippen molar-refractivity contribution in [2.24, 2.45) is 12.0 Å². The van der Waals surface area contributed by atoms with Crippen LogP contribution in [0.15, 0.2) is 58.4 Å². The van der Waals surface area contributed by atoms with E-state index in [2.05, 4.69) is 33.9 Å². The van der Waals surface area contributed by atoms with Gasteiger partial charge in [-0.1, -0.05) is 41.9 Å². The van der Waals surface area contributed by atoms with Crippen molar-refractivity contribution in [2.75, 3.05) is 0 Å². The van der Waals surface area contributed by atoms with Crippen molar-refractivity contribution < 1.29 is 4.79 Å². The number of aliphatic imine (C=N–C) groups is 1. The van der Waals surface area contributed by atoms with Crippen LogP contribution in [0.25, 0.3) is 17.0 Å². The van der Waals surface area contributed by atoms with E-state index in [1.54, 1.807) is 6.07 Å². The van der Waals surface area contributed by atoms with Gasteiger partial charge in [-0.15, -0.1) is 0 Å². The molecule has 0 radical (unpaired) electrons. The van der Waals surface area contributed by atoms with Crippen LogP contribution in [0.5, 0.6) is 0 Å². The number of hydrogen-bond donors (Lipinski definition) is 1. The molecule has 0 unspecified atom stereocenters. The molecule has 130 valence electrons. The van der Waals surface area contributed by atoms with Crippen molar-refractivity contribution in [1.82, 2.24) is 9.88 Å². The molecule has 1 amide bonds. The number of amides is 1. The lowest BCUT2D eigenvalue weighted by Gasteiger charge is -1.98. The highest BCUT2D eigenvalue weighted by molar-refractivity contribution is 8.18. The number of aromatic nitrogens is 1. The van der Waals surface area contributed by atoms with Gasteiger partial charge in [0.2, 0.25) is 0 Å². The molecule has 26 heavy (non-hydrogen) atoms. The fourth-order valence-electron chi connectivity index (χ4n) is 3.00. The van der Waals surface area contributed by atoms with Crippen LogP contribution in [0, 0.1) is 6.92 Å². The smallest absolute Gasteiger partial charge is 0.264 e. The largest absolute Gasteiger partial charge is 0.347 e. The number of para-hydroxylation sites is 2. The van der Waals surface area contributed by atoms with Crippen molar-refractivity contribution in [2.45, 2.75) is 6.92 Å². The maximum absolute atomic E-state index is 12.4. The summed E-state index contributed by atoms with van der Waals surface area (Å²) in [6, 6.07) is 15.5. The fraction of sp³-hybridized carbons (Fsp3) is 0.100. The highest BCUT2D eigenvalue weighted by atomic mass is 35.5. The van der Waals surface area contributed by atoms with Crippen LogP contribution < -0.4 is 5.32 Å². The van der Waals surface area contributed by atoms with Gasteiger partial charge < -0.3 is 9.88 Å². The van der Waals surface area contributed by atoms with Crippen LogP contribution in [0.1, 0.15) is 11.3 Å². The summed E-state index contributed by atoms with van der Waals surface area (Å²) in [6.45, 7) is 2.06. The second kappa shape index (κ2) is 6.67. The molecule has 1 aliphatic rings. The van der Waals surface area contributed by atoms with Crippen molar-refractivity contribution in [1.29, 1.82) is 0 Å². The first-order valence-electron chi connectivity index (χ1n) is 8.13. The van der Waals surface area contributed by atoms with Crippen molar-refractivity contribution in [3.8, 4) is 0 Å². The Labute approximate surface area is 160 Å². The summed E-state index contributed by atoms with van der Waals surface area (Å²) in [5, 5.41) is 5.03. The number of carbonyl (C=O) groups excluding carboxylic acids is 1. The van der Waals surface area contributed by atoms with E-state index in [0.29, 0.717) is 20.8 Å². The molecule has 0 saturated carbocycles. The number of benzene rings is 2. The number of halogens is 1. The summed E-state index contributed by atoms with van der Waals surface area (Å²) < 4.78 is 2.14. The highest BCUT2D eigenvalue weighted by Gasteiger charge is 2.25. The van der Waals surface area contributed by atoms with Crippen LogP contribution in [0.3, 0.4) is 0 Å². The topological polar surface area (TPSA) is 46.4 Å². The van der Waals surface area contributed by atoms with Gasteiger partial charge in [0.15, 0.2) is 5.17 Å². The molecule has 0 bridgehead atoms. The fourth-order valence-corrected chi connectivity index (χ4v) is 3.99. The minimum Gasteiger partial charge on any atom is -0.347 e. The molecule has 0 atom stereocenters. The predicted octanol–water partition coefficient (Wildman–Crippen LogP) is 5.03. The van der Waals surface area contributed by atoms with Gasteiger partial charge in [0.05, 0.1) is 15.6 Å². The molecular formula is C20H16ClN3OS. The van der Waals surface area contributed by atoms with E-state index in [4.69, 9.17) is 11.6 Å². The molecule has 3 aromatic rings. The maximum Gasteiger partial charge on any atom is 0.264 e. The lowest BCUT2D eigenvalue weighted by Crippen LogP contribution is -2.19. The van der Waals surface area contributed by atoms with Crippen LogP contribution in [0.4, 0.5) is 5.69 Å². The van der Waals surface area contributed by atoms with E-state index < -0.39 is 0 Å². The van der Waals surface area contributed by atoms with Crippen molar-refractivity contribution in [3.63, 3.8) is 0 Å². The summed E-state index contributed by atoms with van der Waals surface area (Å²) in [4.78, 5) is 17.5. The van der Waals surface area contributed by atoms with Crippen molar-refractivity contribution >= 4 is 57.1 Å². The minimum absolute atomic E-state index is 0.145. The third kappa shape index (κ3) is 2.93. The first-order valence-corrected chi connectivity index (χ1v) is 9.32. The predicted molar refractivity (Wildman–Crippen MR) is 110 cm³/mol. The molecule has 1 saturated heterocycles. The van der Waals surface area contributed by atoms with Crippen LogP contribution >= 0.6 is 23.4 Å². The zero-order valence-electron chi connectivity index (χ0n) is 14.3. The van der Waals surface area contributed by atoms with E-state index in [-0.39, 0.29) is 5.91 Å². The molecule has 1 fully saturated rings. The number of thioether (sulfide) groups is 1. The van der Waals surface area contributed by atoms with Crippen LogP contribution in [0.2, 0.25) is 5.02 Å². The number of rotatable bonds is 2. The Bertz CT molecular complexity index is 1100. The van der Waals surface area contributed by atoms with Gasteiger partial charge in [0.25, 0.3) is 5.91 Å². The number of hydrogen-bond acceptors (Lipinski definition) is 3. The van der Waals surface area contributed by atoms with E-state index in [1.807, 2.05) is 43.5 Å². The molecule has 4 nitrogen and oxygen atoms in total. The zero-order valence-corrected chi connectivity index (χ0v) is 15.9. The van der Waals surface area contributed by atoms with Gasteiger partial charge in [-0.2, -0.15) is 0 Å². The van der Waals surface area contributed by atoms with Crippen molar-refractivity contribution in [3.05, 3.63) is 69.7 Å². The SMILES string of the molecule is Cc1c(/C=C2\SC(=Nc3ccccc3Cl)NC2=O)c2ccccc2n1C. The first-order chi connectivity index (χ1) is 12.5. The van der Waals surface area contributed by atoms with E-state index in [9.17, 15) is 4.79 Å². The van der Waals surface area contributed by atoms with Gasteiger partial charge in [-0.25, -0.2) is 4.99 Å². The number of nitrogens with zero attached hydrogens (tertiary/aromatic N) is 2. The normalized spacial score (nSPS) is 17.4. The Balaban J connectivity index is 1.73. The molecule has 2 heterocycles. The third-order valence-electron chi connectivity index (χ3n) is 4.45. The Morgan fingerprint density at radius 3 is 2.69 bits per heavy atom. The second-order valence-electron chi connectivity index (χ2n) is 6.01. The second-order valence-corrected chi connectivity index (χ2v) is 7.45. The van der Waals surface area contributed by atoms with Gasteiger partial charge in [-0.05, 0) is 43.0 Å². The average Bonchev–Trinajstić information content (AvgIpc) is 3.10. The van der Waals surface area contributed by atoms with E-state index in [1.165, 1.54) is 11.8 Å². The number of fused-ring (bicyclic) bond motifs is 1. The molecule has 1 aromatic heterocycles. The lowest BCUT2D eigenvalue weighted by molar-refractivity contribution is -0.115. The molecule has 1 aliphatic heterocycles. The van der Waals surface area contributed by atoms with Gasteiger partial charge in [0, 0.05) is 29.2 Å². The Morgan fingerprint density at radius 1 is 1.15 bits per heavy atom. The molecule has 1 N–H and O–H groups in total. The molecule has 6 heteroatoms. The summed E-state index contributed by atoms with van der Waals surface area (Å²) in [7, 11) is 2.03. The molecule has 0 spiro atoms. The molecular weight excluding hydrogens is 366 g/mol. The van der Waals surface area contributed by atoms with Gasteiger partial charge >= 0.3 is 0 Å². The van der Waals surface area contributed by atoms with Gasteiger partial charge in [-0.3, -0.25) is 4.79 Å². The Hall–Kier alpha value is -2.50. The lowest BCUT2D eigenvalue weighted by atomic mass is 10.1. The third-order valence-corrected chi connectivity index (χ3v) is 5.68. The zero-order chi connectivity index (χ0) is 18.3. The number of amidine groups is 1. The average molecular weight is 382 g/mol. The molecule has 2 aromatic carbocycles. The summed E-state index contributed by atoms with van der Waals surface area (Å²) in [5.41, 5.74) is 3.95. The highest BCUT2D eigenvalue weighted by Crippen LogP contribution is 2.33. The standard InChI is InChI=1S/C20H16ClN3OS/c1-12-14(13-7-3-6-10-17(13)24(12)2)11-18-19(25)23-20(26-18)22-16-9-5-4-8-15(16)21/h3-11H,1-2H3,(H,22,23,25)/b18-11-. The summed E-state index contributed by atoms with van der Waals surface area (Å²) in [5.74, 6) is -0.145. The van der Waals surface area contributed by atoms with E-state index >= 15 is 0 Å². The number of nitrogens with one attached hydrogen (secondary N) is 1. The first kappa shape index (κ1) is 16.9. The Kier molecular flexibility index (Phi) is 4.34. The molecule has 0 aliphatic carbocycles. The number of carbonyl (C=O) groups is 1. The number of aryl methyl sites for hydroxylation is 1. The summed E-state index contributed by atoms with van der Waals surface area (Å²) in [6.07, 6.45) is 1.94. The van der Waals surface area contributed by atoms with Gasteiger partial charge in [0.1, 0.15) is 0 Å². The maximum atomic E-state index is 12.4. The van der Waals surface area contributed by atoms with E-state index in [0.717, 1.165) is 22.2 Å². The molecule has 4 rings (SSSR count). The van der Waals surface area contributed by atoms with Crippen LogP contribution in [-0.4, -0.2) is 15.6 Å². The monoisotopic (exact) mass is 381 g/mol. The summed E-state index contributed by atoms with van der Waals surface area (Å²) >= 11 is 7.47.